The fraction of sp³-hybridized carbons (Fsp3) is 0.200. The van der Waals surface area contributed by atoms with Crippen LogP contribution in [0.1, 0.15) is 6.93 Å². The summed E-state index contributed by atoms with van der Waals surface area (Å²) < 4.78 is 42.0. The number of rotatable bonds is 0. The Kier molecular flexibility index (Phi) is 1.26. The fourth-order valence-electron chi connectivity index (χ4n) is 0.410. The first-order valence-electron chi connectivity index (χ1n) is 2.86. The molecule has 0 amide bonds. The maximum absolute atomic E-state index is 11.8. The van der Waals surface area contributed by atoms with Crippen LogP contribution < -0.4 is 0 Å². The van der Waals surface area contributed by atoms with Crippen molar-refractivity contribution in [2.24, 2.45) is 0 Å². The summed E-state index contributed by atoms with van der Waals surface area (Å²) in [6.45, 7) is 0. The number of aromatic nitrogens is 2. The van der Waals surface area contributed by atoms with Gasteiger partial charge in [0, 0.05) is 12.4 Å². The zero-order valence-electron chi connectivity index (χ0n) is 5.68. The molecule has 54 valence electrons. The number of alkyl halides is 3. The van der Waals surface area contributed by atoms with Crippen LogP contribution in [-0.2, 0) is 6.18 Å². The van der Waals surface area contributed by atoms with Crippen molar-refractivity contribution in [3.05, 3.63) is 24.3 Å². The molecule has 0 aromatic carbocycles. The third kappa shape index (κ3) is 1.43. The van der Waals surface area contributed by atoms with Crippen LogP contribution in [0.4, 0.5) is 13.2 Å². The molecule has 0 atom stereocenters. The molecule has 0 bridgehead atoms. The highest BCUT2D eigenvalue weighted by atomic mass is 19.4. The lowest BCUT2D eigenvalue weighted by Crippen LogP contribution is -2.05. The highest BCUT2D eigenvalue weighted by Gasteiger charge is 2.30. The first-order chi connectivity index (χ1) is 5.00. The summed E-state index contributed by atoms with van der Waals surface area (Å²) in [7, 11) is 0. The van der Waals surface area contributed by atoms with Gasteiger partial charge in [0.15, 0.2) is 0 Å². The van der Waals surface area contributed by atoms with Crippen molar-refractivity contribution in [3.63, 3.8) is 0 Å². The van der Waals surface area contributed by atoms with Crippen LogP contribution in [0.2, 0.25) is 0 Å². The highest BCUT2D eigenvalue weighted by Crippen LogP contribution is 2.27. The maximum atomic E-state index is 11.8. The second-order valence-corrected chi connectivity index (χ2v) is 1.57. The van der Waals surface area contributed by atoms with Crippen LogP contribution >= 0.6 is 0 Å². The Morgan fingerprint density at radius 1 is 1.30 bits per heavy atom. The van der Waals surface area contributed by atoms with E-state index in [-0.39, 0.29) is 0 Å². The van der Waals surface area contributed by atoms with Crippen LogP contribution in [0.25, 0.3) is 0 Å². The molecule has 0 radical (unpaired) electrons. The lowest BCUT2D eigenvalue weighted by molar-refractivity contribution is -0.138. The van der Waals surface area contributed by atoms with Gasteiger partial charge in [-0.15, -0.1) is 0 Å². The zero-order valence-corrected chi connectivity index (χ0v) is 4.68. The van der Waals surface area contributed by atoms with Crippen molar-refractivity contribution in [2.75, 3.05) is 0 Å². The lowest BCUT2D eigenvalue weighted by Gasteiger charge is -2.02. The number of hydrogen-bond donors (Lipinski definition) is 0. The van der Waals surface area contributed by atoms with Gasteiger partial charge < -0.3 is 0 Å². The maximum Gasteiger partial charge on any atom is 0.419 e. The van der Waals surface area contributed by atoms with E-state index in [4.69, 9.17) is 1.37 Å². The molecular formula is C5H3F3N2. The molecule has 2 nitrogen and oxygen atoms in total. The number of nitrogens with zero attached hydrogens (tertiary/aromatic N) is 2. The van der Waals surface area contributed by atoms with Crippen LogP contribution in [0, 0.1) is 0 Å². The van der Waals surface area contributed by atoms with Crippen molar-refractivity contribution < 1.29 is 14.5 Å². The Labute approximate surface area is 56.1 Å². The van der Waals surface area contributed by atoms with Crippen LogP contribution in [-0.4, -0.2) is 9.97 Å². The Morgan fingerprint density at radius 3 is 2.20 bits per heavy atom. The minimum Gasteiger partial charge on any atom is -0.244 e. The summed E-state index contributed by atoms with van der Waals surface area (Å²) in [5.41, 5.74) is -0.937. The van der Waals surface area contributed by atoms with Crippen LogP contribution in [0.3, 0.4) is 0 Å². The molecule has 0 saturated heterocycles. The predicted octanol–water partition coefficient (Wildman–Crippen LogP) is 1.50. The number of hydrogen-bond acceptors (Lipinski definition) is 2. The molecule has 1 aromatic rings. The molecule has 0 saturated carbocycles. The first kappa shape index (κ1) is 5.64. The van der Waals surface area contributed by atoms with Gasteiger partial charge in [-0.25, -0.2) is 9.97 Å². The summed E-state index contributed by atoms with van der Waals surface area (Å²) >= 11 is 0. The third-order valence-corrected chi connectivity index (χ3v) is 0.850. The summed E-state index contributed by atoms with van der Waals surface area (Å²) in [5, 5.41) is 0. The normalized spacial score (nSPS) is 12.9. The van der Waals surface area contributed by atoms with Crippen molar-refractivity contribution in [3.8, 4) is 0 Å². The first-order valence-corrected chi connectivity index (χ1v) is 2.36. The van der Waals surface area contributed by atoms with Crippen LogP contribution in [0.15, 0.2) is 18.7 Å². The Balaban J connectivity index is 2.99. The smallest absolute Gasteiger partial charge is 0.244 e. The van der Waals surface area contributed by atoms with E-state index in [9.17, 15) is 13.2 Å². The van der Waals surface area contributed by atoms with E-state index in [0.29, 0.717) is 12.4 Å². The molecule has 0 fully saturated rings. The standard InChI is InChI=1S/C5H3F3N2/c6-5(7,8)4-1-9-3-10-2-4/h1-3H/i3D. The summed E-state index contributed by atoms with van der Waals surface area (Å²) in [4.78, 5) is 6.16. The molecular weight excluding hydrogens is 145 g/mol. The van der Waals surface area contributed by atoms with Gasteiger partial charge in [0.05, 0.1) is 5.56 Å². The van der Waals surface area contributed by atoms with E-state index in [1.165, 1.54) is 0 Å². The summed E-state index contributed by atoms with van der Waals surface area (Å²) in [6.07, 6.45) is -3.68. The van der Waals surface area contributed by atoms with Gasteiger partial charge in [0.25, 0.3) is 0 Å². The molecule has 1 rings (SSSR count). The van der Waals surface area contributed by atoms with Crippen LogP contribution in [0.5, 0.6) is 0 Å². The minimum absolute atomic E-state index is 0.419. The third-order valence-electron chi connectivity index (χ3n) is 0.850. The number of halogens is 3. The van der Waals surface area contributed by atoms with Crippen molar-refractivity contribution in [1.82, 2.24) is 9.97 Å². The Morgan fingerprint density at radius 2 is 1.80 bits per heavy atom. The molecule has 0 N–H and O–H groups in total. The Hall–Kier alpha value is -1.13. The average Bonchev–Trinajstić information content (AvgIpc) is 1.86. The monoisotopic (exact) mass is 149 g/mol. The van der Waals surface area contributed by atoms with E-state index in [2.05, 4.69) is 9.97 Å². The molecule has 0 unspecified atom stereocenters. The van der Waals surface area contributed by atoms with E-state index >= 15 is 0 Å². The fourth-order valence-corrected chi connectivity index (χ4v) is 0.410. The minimum atomic E-state index is -4.42. The average molecular weight is 149 g/mol. The SMILES string of the molecule is [2H]c1ncc(C(F)(F)F)cn1. The van der Waals surface area contributed by atoms with Crippen molar-refractivity contribution in [1.29, 1.82) is 0 Å². The van der Waals surface area contributed by atoms with E-state index in [1.54, 1.807) is 0 Å². The zero-order chi connectivity index (χ0) is 8.48. The summed E-state index contributed by atoms with van der Waals surface area (Å²) in [6, 6.07) is 0. The van der Waals surface area contributed by atoms with E-state index in [1.807, 2.05) is 0 Å². The van der Waals surface area contributed by atoms with Gasteiger partial charge >= 0.3 is 6.18 Å². The quantitative estimate of drug-likeness (QED) is 0.558. The van der Waals surface area contributed by atoms with Gasteiger partial charge in [0.2, 0.25) is 0 Å². The molecule has 0 aliphatic rings. The van der Waals surface area contributed by atoms with Crippen molar-refractivity contribution >= 4 is 0 Å². The molecule has 1 aromatic heterocycles. The molecule has 0 spiro atoms. The molecule has 0 aliphatic carbocycles. The van der Waals surface area contributed by atoms with E-state index in [0.717, 1.165) is 0 Å². The van der Waals surface area contributed by atoms with Gasteiger partial charge in [-0.05, 0) is 0 Å². The second kappa shape index (κ2) is 2.24. The topological polar surface area (TPSA) is 25.8 Å². The second-order valence-electron chi connectivity index (χ2n) is 1.57. The molecule has 10 heavy (non-hydrogen) atoms. The van der Waals surface area contributed by atoms with Gasteiger partial charge in [-0.2, -0.15) is 13.2 Å². The largest absolute Gasteiger partial charge is 0.419 e. The predicted molar refractivity (Wildman–Crippen MR) is 27.0 cm³/mol. The molecule has 0 aliphatic heterocycles. The lowest BCUT2D eigenvalue weighted by atomic mass is 10.3. The van der Waals surface area contributed by atoms with Gasteiger partial charge in [-0.3, -0.25) is 0 Å². The molecule has 5 heteroatoms. The van der Waals surface area contributed by atoms with E-state index < -0.39 is 18.0 Å². The van der Waals surface area contributed by atoms with Gasteiger partial charge in [0.1, 0.15) is 7.67 Å². The molecule has 1 heterocycles. The Bertz CT molecular complexity index is 243. The van der Waals surface area contributed by atoms with Crippen molar-refractivity contribution in [2.45, 2.75) is 6.18 Å². The van der Waals surface area contributed by atoms with Gasteiger partial charge in [-0.1, -0.05) is 0 Å². The highest BCUT2D eigenvalue weighted by molar-refractivity contribution is 5.06. The summed E-state index contributed by atoms with van der Waals surface area (Å²) in [5.74, 6) is 0.